The Morgan fingerprint density at radius 3 is 2.32 bits per heavy atom. The van der Waals surface area contributed by atoms with Crippen molar-refractivity contribution < 1.29 is 13.9 Å². The second-order valence-corrected chi connectivity index (χ2v) is 8.02. The number of rotatable bonds is 6. The molecular formula is C20H31FN2O2. The molecule has 4 nitrogen and oxygen atoms in total. The van der Waals surface area contributed by atoms with Gasteiger partial charge in [0, 0.05) is 25.6 Å². The first-order valence-electron chi connectivity index (χ1n) is 8.80. The minimum atomic E-state index is -0.266. The quantitative estimate of drug-likeness (QED) is 0.787. The van der Waals surface area contributed by atoms with Crippen LogP contribution in [0, 0.1) is 11.2 Å². The first kappa shape index (κ1) is 19.9. The van der Waals surface area contributed by atoms with Crippen molar-refractivity contribution in [3.8, 4) is 0 Å². The van der Waals surface area contributed by atoms with Gasteiger partial charge in [0.25, 0.3) is 0 Å². The minimum Gasteiger partial charge on any atom is -0.378 e. The molecule has 0 aromatic heterocycles. The van der Waals surface area contributed by atoms with Gasteiger partial charge >= 0.3 is 0 Å². The molecule has 0 spiro atoms. The fraction of sp³-hybridized carbons (Fsp3) is 0.650. The summed E-state index contributed by atoms with van der Waals surface area (Å²) in [4.78, 5) is 16.5. The van der Waals surface area contributed by atoms with Crippen molar-refractivity contribution in [3.63, 3.8) is 0 Å². The van der Waals surface area contributed by atoms with Crippen molar-refractivity contribution in [1.82, 2.24) is 9.80 Å². The molecule has 25 heavy (non-hydrogen) atoms. The summed E-state index contributed by atoms with van der Waals surface area (Å²) in [6.45, 7) is 8.82. The number of halogens is 1. The highest BCUT2D eigenvalue weighted by Gasteiger charge is 2.59. The lowest BCUT2D eigenvalue weighted by Crippen LogP contribution is -2.68. The molecule has 1 fully saturated rings. The third-order valence-electron chi connectivity index (χ3n) is 6.47. The number of nitrogens with zero attached hydrogens (tertiary/aromatic N) is 2. The number of amides is 1. The summed E-state index contributed by atoms with van der Waals surface area (Å²) < 4.78 is 18.8. The van der Waals surface area contributed by atoms with E-state index in [4.69, 9.17) is 4.74 Å². The van der Waals surface area contributed by atoms with E-state index in [9.17, 15) is 9.18 Å². The Kier molecular flexibility index (Phi) is 5.59. The van der Waals surface area contributed by atoms with Gasteiger partial charge in [0.05, 0.1) is 18.2 Å². The van der Waals surface area contributed by atoms with E-state index in [0.717, 1.165) is 12.0 Å². The number of hydrogen-bond donors (Lipinski definition) is 0. The maximum Gasteiger partial charge on any atom is 0.236 e. The molecule has 1 aromatic carbocycles. The van der Waals surface area contributed by atoms with E-state index in [1.807, 2.05) is 14.0 Å². The fourth-order valence-corrected chi connectivity index (χ4v) is 3.78. The molecule has 1 saturated carbocycles. The molecule has 1 aromatic rings. The largest absolute Gasteiger partial charge is 0.378 e. The summed E-state index contributed by atoms with van der Waals surface area (Å²) in [5.41, 5.74) is 0.760. The smallest absolute Gasteiger partial charge is 0.236 e. The fourth-order valence-electron chi connectivity index (χ4n) is 3.78. The molecule has 0 heterocycles. The number of ether oxygens (including phenoxy) is 1. The number of methoxy groups -OCH3 is 1. The van der Waals surface area contributed by atoms with E-state index >= 15 is 0 Å². The zero-order valence-electron chi connectivity index (χ0n) is 16.5. The average Bonchev–Trinajstić information content (AvgIpc) is 2.58. The molecule has 5 heteroatoms. The van der Waals surface area contributed by atoms with Crippen molar-refractivity contribution in [2.75, 3.05) is 27.7 Å². The van der Waals surface area contributed by atoms with Gasteiger partial charge in [-0.15, -0.1) is 0 Å². The average molecular weight is 350 g/mol. The van der Waals surface area contributed by atoms with Gasteiger partial charge in [-0.2, -0.15) is 0 Å². The number of carbonyl (C=O) groups excluding carboxylic acids is 1. The van der Waals surface area contributed by atoms with E-state index in [2.05, 4.69) is 25.7 Å². The highest BCUT2D eigenvalue weighted by molar-refractivity contribution is 5.78. The lowest BCUT2D eigenvalue weighted by molar-refractivity contribution is -0.206. The van der Waals surface area contributed by atoms with Crippen LogP contribution >= 0.6 is 0 Å². The second-order valence-electron chi connectivity index (χ2n) is 8.02. The molecule has 3 atom stereocenters. The van der Waals surface area contributed by atoms with Crippen LogP contribution in [0.5, 0.6) is 0 Å². The number of hydrogen-bond acceptors (Lipinski definition) is 3. The van der Waals surface area contributed by atoms with E-state index in [1.54, 1.807) is 31.2 Å². The van der Waals surface area contributed by atoms with Crippen LogP contribution in [0.3, 0.4) is 0 Å². The molecule has 0 unspecified atom stereocenters. The van der Waals surface area contributed by atoms with Crippen LogP contribution in [0.25, 0.3) is 0 Å². The molecule has 140 valence electrons. The topological polar surface area (TPSA) is 32.8 Å². The van der Waals surface area contributed by atoms with Crippen molar-refractivity contribution >= 4 is 5.91 Å². The molecule has 1 aliphatic rings. The van der Waals surface area contributed by atoms with E-state index < -0.39 is 0 Å². The summed E-state index contributed by atoms with van der Waals surface area (Å²) in [6, 6.07) is 6.52. The summed E-state index contributed by atoms with van der Waals surface area (Å²) >= 11 is 0. The Balaban J connectivity index is 1.98. The van der Waals surface area contributed by atoms with E-state index in [-0.39, 0.29) is 28.8 Å². The number of likely N-dealkylation sites (N-methyl/N-ethyl adjacent to an activating group) is 2. The van der Waals surface area contributed by atoms with Gasteiger partial charge < -0.3 is 9.64 Å². The lowest BCUT2D eigenvalue weighted by Gasteiger charge is -2.61. The van der Waals surface area contributed by atoms with Crippen LogP contribution in [0.15, 0.2) is 24.3 Å². The first-order valence-corrected chi connectivity index (χ1v) is 8.80. The third-order valence-corrected chi connectivity index (χ3v) is 6.47. The van der Waals surface area contributed by atoms with E-state index in [0.29, 0.717) is 12.6 Å². The van der Waals surface area contributed by atoms with E-state index in [1.165, 1.54) is 12.1 Å². The molecule has 0 radical (unpaired) electrons. The van der Waals surface area contributed by atoms with Gasteiger partial charge in [0.15, 0.2) is 0 Å². The molecular weight excluding hydrogens is 319 g/mol. The number of benzene rings is 1. The maximum atomic E-state index is 13.1. The third kappa shape index (κ3) is 3.58. The zero-order valence-corrected chi connectivity index (χ0v) is 16.5. The van der Waals surface area contributed by atoms with Crippen molar-refractivity contribution in [2.24, 2.45) is 5.41 Å². The molecule has 0 N–H and O–H groups in total. The molecule has 0 saturated heterocycles. The summed E-state index contributed by atoms with van der Waals surface area (Å²) in [5, 5.41) is 0. The normalized spacial score (nSPS) is 26.2. The van der Waals surface area contributed by atoms with Crippen LogP contribution in [0.2, 0.25) is 0 Å². The van der Waals surface area contributed by atoms with Crippen molar-refractivity contribution in [1.29, 1.82) is 0 Å². The Hall–Kier alpha value is -1.46. The van der Waals surface area contributed by atoms with Crippen LogP contribution in [0.1, 0.15) is 45.7 Å². The van der Waals surface area contributed by atoms with Crippen molar-refractivity contribution in [2.45, 2.75) is 51.8 Å². The van der Waals surface area contributed by atoms with Crippen LogP contribution < -0.4 is 0 Å². The predicted molar refractivity (Wildman–Crippen MR) is 97.8 cm³/mol. The van der Waals surface area contributed by atoms with Crippen LogP contribution in [-0.4, -0.2) is 55.1 Å². The second kappa shape index (κ2) is 7.04. The highest BCUT2D eigenvalue weighted by atomic mass is 19.1. The van der Waals surface area contributed by atoms with Gasteiger partial charge in [-0.1, -0.05) is 26.0 Å². The molecule has 0 bridgehead atoms. The van der Waals surface area contributed by atoms with Gasteiger partial charge in [-0.3, -0.25) is 9.69 Å². The number of carbonyl (C=O) groups is 1. The SMILES string of the molecule is CO[C@]1(C)C[C@H](N(C)CC(=O)N(C)[C@@H](C)c2ccc(F)cc2)C1(C)C. The van der Waals surface area contributed by atoms with Gasteiger partial charge in [0.2, 0.25) is 5.91 Å². The highest BCUT2D eigenvalue weighted by Crippen LogP contribution is 2.53. The zero-order chi connectivity index (χ0) is 19.0. The Bertz CT molecular complexity index is 617. The van der Waals surface area contributed by atoms with Gasteiger partial charge in [-0.05, 0) is 45.0 Å². The monoisotopic (exact) mass is 350 g/mol. The van der Waals surface area contributed by atoms with Gasteiger partial charge in [-0.25, -0.2) is 4.39 Å². The lowest BCUT2D eigenvalue weighted by atomic mass is 9.55. The Morgan fingerprint density at radius 1 is 1.28 bits per heavy atom. The summed E-state index contributed by atoms with van der Waals surface area (Å²) in [5.74, 6) is -0.209. The Labute approximate surface area is 150 Å². The molecule has 0 aliphatic heterocycles. The molecule has 1 amide bonds. The van der Waals surface area contributed by atoms with Crippen LogP contribution in [0.4, 0.5) is 4.39 Å². The van der Waals surface area contributed by atoms with Gasteiger partial charge in [0.1, 0.15) is 5.82 Å². The molecule has 2 rings (SSSR count). The first-order chi connectivity index (χ1) is 11.5. The standard InChI is InChI=1S/C20H31FN2O2/c1-14(15-8-10-16(21)11-9-15)23(6)18(24)13-22(5)17-12-20(4,25-7)19(17,2)3/h8-11,14,17H,12-13H2,1-7H3/t14-,17-,20+/m0/s1. The summed E-state index contributed by atoms with van der Waals surface area (Å²) in [6.07, 6.45) is 0.914. The molecule has 1 aliphatic carbocycles. The Morgan fingerprint density at radius 2 is 1.84 bits per heavy atom. The van der Waals surface area contributed by atoms with Crippen molar-refractivity contribution in [3.05, 3.63) is 35.6 Å². The maximum absolute atomic E-state index is 13.1. The van der Waals surface area contributed by atoms with Crippen LogP contribution in [-0.2, 0) is 9.53 Å². The minimum absolute atomic E-state index is 0.0159. The predicted octanol–water partition coefficient (Wildman–Crippen LogP) is 3.48. The summed E-state index contributed by atoms with van der Waals surface area (Å²) in [7, 11) is 5.55.